The van der Waals surface area contributed by atoms with Gasteiger partial charge in [0.1, 0.15) is 5.75 Å². The average molecular weight is 304 g/mol. The first kappa shape index (κ1) is 16.7. The molecule has 0 saturated heterocycles. The second kappa shape index (κ2) is 9.34. The Hall–Kier alpha value is -1.71. The van der Waals surface area contributed by atoms with Gasteiger partial charge in [-0.3, -0.25) is 4.79 Å². The van der Waals surface area contributed by atoms with Gasteiger partial charge in [0.2, 0.25) is 5.91 Å². The Labute approximate surface area is 133 Å². The topological polar surface area (TPSA) is 64.3 Å². The van der Waals surface area contributed by atoms with E-state index in [2.05, 4.69) is 5.32 Å². The van der Waals surface area contributed by atoms with Gasteiger partial charge in [0.25, 0.3) is 0 Å². The minimum Gasteiger partial charge on any atom is -0.494 e. The molecule has 0 radical (unpaired) electrons. The number of anilines is 1. The highest BCUT2D eigenvalue weighted by Gasteiger charge is 2.20. The van der Waals surface area contributed by atoms with Crippen LogP contribution < -0.4 is 15.8 Å². The number of carbonyl (C=O) groups excluding carboxylic acids is 1. The fourth-order valence-electron chi connectivity index (χ4n) is 2.88. The van der Waals surface area contributed by atoms with Crippen LogP contribution in [0.15, 0.2) is 24.3 Å². The van der Waals surface area contributed by atoms with Gasteiger partial charge in [-0.2, -0.15) is 0 Å². The van der Waals surface area contributed by atoms with E-state index in [1.165, 1.54) is 19.3 Å². The van der Waals surface area contributed by atoms with Gasteiger partial charge < -0.3 is 15.8 Å². The highest BCUT2D eigenvalue weighted by atomic mass is 16.5. The molecule has 1 aromatic rings. The molecule has 1 aliphatic carbocycles. The molecule has 4 heteroatoms. The number of carbonyl (C=O) groups is 1. The minimum absolute atomic E-state index is 0.262. The lowest BCUT2D eigenvalue weighted by Gasteiger charge is -2.20. The monoisotopic (exact) mass is 304 g/mol. The number of nitrogens with two attached hydrogens (primary N) is 1. The molecule has 0 bridgehead atoms. The van der Waals surface area contributed by atoms with Crippen molar-refractivity contribution in [2.45, 2.75) is 51.4 Å². The van der Waals surface area contributed by atoms with Crippen LogP contribution in [0.3, 0.4) is 0 Å². The molecule has 122 valence electrons. The molecule has 0 spiro atoms. The molecule has 1 saturated carbocycles. The number of ether oxygens (including phenoxy) is 1. The van der Waals surface area contributed by atoms with E-state index in [1.54, 1.807) is 0 Å². The summed E-state index contributed by atoms with van der Waals surface area (Å²) in [6, 6.07) is 7.46. The van der Waals surface area contributed by atoms with Crippen molar-refractivity contribution in [3.63, 3.8) is 0 Å². The van der Waals surface area contributed by atoms with Crippen molar-refractivity contribution >= 4 is 11.6 Å². The molecule has 2 rings (SSSR count). The third-order valence-electron chi connectivity index (χ3n) is 4.25. The third-order valence-corrected chi connectivity index (χ3v) is 4.25. The number of unbranched alkanes of at least 4 members (excludes halogenated alkanes) is 2. The molecular weight excluding hydrogens is 276 g/mol. The van der Waals surface area contributed by atoms with Gasteiger partial charge in [-0.1, -0.05) is 19.3 Å². The fourth-order valence-corrected chi connectivity index (χ4v) is 2.88. The predicted molar refractivity (Wildman–Crippen MR) is 89.8 cm³/mol. The zero-order chi connectivity index (χ0) is 15.6. The van der Waals surface area contributed by atoms with Crippen LogP contribution in [0.4, 0.5) is 5.69 Å². The van der Waals surface area contributed by atoms with Crippen molar-refractivity contribution < 1.29 is 9.53 Å². The number of nitrogen functional groups attached to an aromatic ring is 1. The maximum absolute atomic E-state index is 12.0. The Balaban J connectivity index is 1.47. The number of amides is 1. The molecule has 4 nitrogen and oxygen atoms in total. The van der Waals surface area contributed by atoms with E-state index in [4.69, 9.17) is 10.5 Å². The van der Waals surface area contributed by atoms with Gasteiger partial charge in [-0.15, -0.1) is 0 Å². The maximum Gasteiger partial charge on any atom is 0.223 e. The molecule has 3 N–H and O–H groups in total. The zero-order valence-corrected chi connectivity index (χ0v) is 13.4. The van der Waals surface area contributed by atoms with E-state index >= 15 is 0 Å². The van der Waals surface area contributed by atoms with Gasteiger partial charge in [0.05, 0.1) is 6.61 Å². The summed E-state index contributed by atoms with van der Waals surface area (Å²) in [6.07, 6.45) is 8.94. The Kier molecular flexibility index (Phi) is 7.07. The quantitative estimate of drug-likeness (QED) is 0.570. The molecule has 0 aliphatic heterocycles. The summed E-state index contributed by atoms with van der Waals surface area (Å²) < 4.78 is 5.64. The molecule has 0 heterocycles. The van der Waals surface area contributed by atoms with Gasteiger partial charge in [0, 0.05) is 18.2 Å². The van der Waals surface area contributed by atoms with Crippen LogP contribution in [0.2, 0.25) is 0 Å². The summed E-state index contributed by atoms with van der Waals surface area (Å²) in [5.74, 6) is 1.39. The van der Waals surface area contributed by atoms with Crippen LogP contribution in [0.1, 0.15) is 51.4 Å². The molecule has 1 fully saturated rings. The third kappa shape index (κ3) is 5.96. The van der Waals surface area contributed by atoms with Crippen molar-refractivity contribution in [3.8, 4) is 5.75 Å². The van der Waals surface area contributed by atoms with Gasteiger partial charge in [-0.25, -0.2) is 0 Å². The second-order valence-corrected chi connectivity index (χ2v) is 6.10. The van der Waals surface area contributed by atoms with Crippen molar-refractivity contribution in [1.82, 2.24) is 5.32 Å². The summed E-state index contributed by atoms with van der Waals surface area (Å²) in [5, 5.41) is 3.07. The number of hydrogen-bond acceptors (Lipinski definition) is 3. The molecule has 1 aromatic carbocycles. The van der Waals surface area contributed by atoms with Crippen molar-refractivity contribution in [2.75, 3.05) is 18.9 Å². The van der Waals surface area contributed by atoms with Crippen LogP contribution in [-0.4, -0.2) is 19.1 Å². The van der Waals surface area contributed by atoms with Gasteiger partial charge in [-0.05, 0) is 56.4 Å². The Morgan fingerprint density at radius 2 is 1.82 bits per heavy atom. The Morgan fingerprint density at radius 3 is 2.55 bits per heavy atom. The number of nitrogens with one attached hydrogen (secondary N) is 1. The first-order chi connectivity index (χ1) is 10.8. The molecular formula is C18H28N2O2. The second-order valence-electron chi connectivity index (χ2n) is 6.10. The lowest BCUT2D eigenvalue weighted by molar-refractivity contribution is -0.125. The molecule has 22 heavy (non-hydrogen) atoms. The zero-order valence-electron chi connectivity index (χ0n) is 13.4. The summed E-state index contributed by atoms with van der Waals surface area (Å²) >= 11 is 0. The summed E-state index contributed by atoms with van der Waals surface area (Å²) in [4.78, 5) is 12.0. The molecule has 0 atom stereocenters. The van der Waals surface area contributed by atoms with E-state index in [1.807, 2.05) is 24.3 Å². The van der Waals surface area contributed by atoms with Crippen LogP contribution in [0.5, 0.6) is 5.75 Å². The van der Waals surface area contributed by atoms with Crippen LogP contribution >= 0.6 is 0 Å². The lowest BCUT2D eigenvalue weighted by atomic mass is 9.89. The first-order valence-corrected chi connectivity index (χ1v) is 8.52. The van der Waals surface area contributed by atoms with E-state index in [-0.39, 0.29) is 11.8 Å². The number of rotatable bonds is 8. The average Bonchev–Trinajstić information content (AvgIpc) is 2.56. The Morgan fingerprint density at radius 1 is 1.09 bits per heavy atom. The van der Waals surface area contributed by atoms with Crippen LogP contribution in [0.25, 0.3) is 0 Å². The van der Waals surface area contributed by atoms with E-state index in [9.17, 15) is 4.79 Å². The van der Waals surface area contributed by atoms with Crippen molar-refractivity contribution in [1.29, 1.82) is 0 Å². The molecule has 0 unspecified atom stereocenters. The normalized spacial score (nSPS) is 15.5. The van der Waals surface area contributed by atoms with Crippen molar-refractivity contribution in [2.24, 2.45) is 5.92 Å². The number of benzene rings is 1. The molecule has 0 aromatic heterocycles. The van der Waals surface area contributed by atoms with Crippen LogP contribution in [-0.2, 0) is 4.79 Å². The lowest BCUT2D eigenvalue weighted by Crippen LogP contribution is -2.32. The van der Waals surface area contributed by atoms with Crippen LogP contribution in [0, 0.1) is 5.92 Å². The summed E-state index contributed by atoms with van der Waals surface area (Å²) in [6.45, 7) is 1.50. The van der Waals surface area contributed by atoms with E-state index < -0.39 is 0 Å². The van der Waals surface area contributed by atoms with Crippen molar-refractivity contribution in [3.05, 3.63) is 24.3 Å². The molecule has 1 amide bonds. The SMILES string of the molecule is Nc1ccc(OCCCCCNC(=O)C2CCCCC2)cc1. The smallest absolute Gasteiger partial charge is 0.223 e. The maximum atomic E-state index is 12.0. The van der Waals surface area contributed by atoms with Gasteiger partial charge >= 0.3 is 0 Å². The number of hydrogen-bond donors (Lipinski definition) is 2. The minimum atomic E-state index is 0.262. The summed E-state index contributed by atoms with van der Waals surface area (Å²) in [7, 11) is 0. The first-order valence-electron chi connectivity index (χ1n) is 8.52. The van der Waals surface area contributed by atoms with Gasteiger partial charge in [0.15, 0.2) is 0 Å². The largest absolute Gasteiger partial charge is 0.494 e. The highest BCUT2D eigenvalue weighted by Crippen LogP contribution is 2.23. The fraction of sp³-hybridized carbons (Fsp3) is 0.611. The van der Waals surface area contributed by atoms with E-state index in [0.717, 1.165) is 50.1 Å². The highest BCUT2D eigenvalue weighted by molar-refractivity contribution is 5.78. The standard InChI is InChI=1S/C18H28N2O2/c19-16-9-11-17(12-10-16)22-14-6-2-5-13-20-18(21)15-7-3-1-4-8-15/h9-12,15H,1-8,13-14,19H2,(H,20,21). The predicted octanol–water partition coefficient (Wildman–Crippen LogP) is 3.51. The Bertz CT molecular complexity index is 439. The summed E-state index contributed by atoms with van der Waals surface area (Å²) in [5.41, 5.74) is 6.38. The van der Waals surface area contributed by atoms with E-state index in [0.29, 0.717) is 6.61 Å². The molecule has 1 aliphatic rings.